The molecule has 2 aromatic rings. The lowest BCUT2D eigenvalue weighted by Gasteiger charge is -2.29. The average molecular weight is 539 g/mol. The predicted octanol–water partition coefficient (Wildman–Crippen LogP) is 3.94. The lowest BCUT2D eigenvalue weighted by Crippen LogP contribution is -2.47. The van der Waals surface area contributed by atoms with E-state index in [4.69, 9.17) is 0 Å². The van der Waals surface area contributed by atoms with Crippen LogP contribution in [0.15, 0.2) is 59.1 Å². The van der Waals surface area contributed by atoms with Crippen molar-refractivity contribution in [1.82, 2.24) is 10.2 Å². The molecule has 0 bridgehead atoms. The maximum absolute atomic E-state index is 13.2. The molecule has 180 valence electrons. The summed E-state index contributed by atoms with van der Waals surface area (Å²) in [7, 11) is -3.49. The lowest BCUT2D eigenvalue weighted by atomic mass is 10.1. The minimum absolute atomic E-state index is 0.123. The van der Waals surface area contributed by atoms with E-state index in [0.29, 0.717) is 18.7 Å². The number of amides is 2. The number of sulfonamides is 1. The van der Waals surface area contributed by atoms with Crippen molar-refractivity contribution in [3.8, 4) is 0 Å². The van der Waals surface area contributed by atoms with Crippen LogP contribution in [0.1, 0.15) is 38.7 Å². The summed E-state index contributed by atoms with van der Waals surface area (Å²) >= 11 is 3.44. The van der Waals surface area contributed by atoms with E-state index in [-0.39, 0.29) is 31.3 Å². The fraction of sp³-hybridized carbons (Fsp3) is 0.417. The van der Waals surface area contributed by atoms with E-state index in [1.54, 1.807) is 36.1 Å². The van der Waals surface area contributed by atoms with Crippen molar-refractivity contribution in [1.29, 1.82) is 0 Å². The number of rotatable bonds is 12. The summed E-state index contributed by atoms with van der Waals surface area (Å²) in [6.45, 7) is 4.69. The van der Waals surface area contributed by atoms with Crippen LogP contribution in [0.2, 0.25) is 0 Å². The van der Waals surface area contributed by atoms with Gasteiger partial charge in [-0.1, -0.05) is 53.2 Å². The van der Waals surface area contributed by atoms with Crippen LogP contribution >= 0.6 is 15.9 Å². The molecule has 2 aromatic carbocycles. The average Bonchev–Trinajstić information content (AvgIpc) is 2.77. The molecule has 0 aromatic heterocycles. The molecule has 0 aliphatic heterocycles. The van der Waals surface area contributed by atoms with Crippen LogP contribution in [0.3, 0.4) is 0 Å². The third kappa shape index (κ3) is 8.47. The third-order valence-corrected chi connectivity index (χ3v) is 6.84. The molecule has 1 N–H and O–H groups in total. The van der Waals surface area contributed by atoms with E-state index in [9.17, 15) is 18.0 Å². The molecule has 0 aliphatic rings. The van der Waals surface area contributed by atoms with Gasteiger partial charge in [-0.15, -0.1) is 0 Å². The van der Waals surface area contributed by atoms with Crippen LogP contribution in [0.5, 0.6) is 0 Å². The Kier molecular flexibility index (Phi) is 10.4. The smallest absolute Gasteiger partial charge is 0.242 e. The van der Waals surface area contributed by atoms with Crippen molar-refractivity contribution in [2.24, 2.45) is 0 Å². The van der Waals surface area contributed by atoms with Gasteiger partial charge in [0, 0.05) is 30.5 Å². The summed E-state index contributed by atoms with van der Waals surface area (Å²) < 4.78 is 26.8. The van der Waals surface area contributed by atoms with E-state index >= 15 is 0 Å². The number of anilines is 1. The number of para-hydroxylation sites is 1. The Morgan fingerprint density at radius 1 is 1.09 bits per heavy atom. The highest BCUT2D eigenvalue weighted by atomic mass is 79.9. The van der Waals surface area contributed by atoms with E-state index in [0.717, 1.165) is 22.7 Å². The van der Waals surface area contributed by atoms with Crippen LogP contribution in [0.25, 0.3) is 0 Å². The Balaban J connectivity index is 2.13. The van der Waals surface area contributed by atoms with Crippen LogP contribution < -0.4 is 9.62 Å². The Morgan fingerprint density at radius 3 is 2.39 bits per heavy atom. The van der Waals surface area contributed by atoms with Crippen LogP contribution in [0.4, 0.5) is 5.69 Å². The molecule has 0 spiro atoms. The fourth-order valence-electron chi connectivity index (χ4n) is 3.41. The quantitative estimate of drug-likeness (QED) is 0.444. The van der Waals surface area contributed by atoms with E-state index in [1.165, 1.54) is 4.31 Å². The molecule has 0 saturated carbocycles. The zero-order chi connectivity index (χ0) is 24.4. The number of carbonyl (C=O) groups is 2. The predicted molar refractivity (Wildman–Crippen MR) is 135 cm³/mol. The van der Waals surface area contributed by atoms with Gasteiger partial charge < -0.3 is 10.2 Å². The minimum Gasteiger partial charge on any atom is -0.354 e. The van der Waals surface area contributed by atoms with Crippen LogP contribution in [-0.2, 0) is 26.2 Å². The van der Waals surface area contributed by atoms with Gasteiger partial charge in [0.2, 0.25) is 21.8 Å². The first-order valence-corrected chi connectivity index (χ1v) is 13.6. The largest absolute Gasteiger partial charge is 0.354 e. The molecule has 1 unspecified atom stereocenters. The number of carbonyl (C=O) groups excluding carboxylic acids is 2. The highest BCUT2D eigenvalue weighted by Gasteiger charge is 2.26. The second-order valence-corrected chi connectivity index (χ2v) is 10.7. The summed E-state index contributed by atoms with van der Waals surface area (Å²) in [5, 5.41) is 2.85. The summed E-state index contributed by atoms with van der Waals surface area (Å²) in [6.07, 6.45) is 2.41. The molecule has 33 heavy (non-hydrogen) atoms. The monoisotopic (exact) mass is 537 g/mol. The molecule has 0 fully saturated rings. The van der Waals surface area contributed by atoms with Gasteiger partial charge in [0.05, 0.1) is 11.9 Å². The normalized spacial score (nSPS) is 12.1. The summed E-state index contributed by atoms with van der Waals surface area (Å²) in [6, 6.07) is 15.8. The molecule has 9 heteroatoms. The highest BCUT2D eigenvalue weighted by Crippen LogP contribution is 2.19. The zero-order valence-electron chi connectivity index (χ0n) is 19.3. The van der Waals surface area contributed by atoms with Gasteiger partial charge in [0.15, 0.2) is 0 Å². The Hall–Kier alpha value is -2.39. The van der Waals surface area contributed by atoms with Crippen LogP contribution in [0, 0.1) is 0 Å². The maximum Gasteiger partial charge on any atom is 0.242 e. The van der Waals surface area contributed by atoms with Gasteiger partial charge in [-0.25, -0.2) is 8.42 Å². The van der Waals surface area contributed by atoms with Gasteiger partial charge in [-0.3, -0.25) is 13.9 Å². The number of hydrogen-bond acceptors (Lipinski definition) is 4. The van der Waals surface area contributed by atoms with Crippen molar-refractivity contribution in [3.63, 3.8) is 0 Å². The topological polar surface area (TPSA) is 86.8 Å². The van der Waals surface area contributed by atoms with E-state index in [2.05, 4.69) is 21.2 Å². The molecule has 1 atom stereocenters. The molecule has 2 amide bonds. The Labute approximate surface area is 205 Å². The van der Waals surface area contributed by atoms with Crippen molar-refractivity contribution < 1.29 is 18.0 Å². The Morgan fingerprint density at radius 2 is 1.79 bits per heavy atom. The summed E-state index contributed by atoms with van der Waals surface area (Å²) in [5.41, 5.74) is 1.46. The number of nitrogens with one attached hydrogen (secondary N) is 1. The minimum atomic E-state index is -3.49. The summed E-state index contributed by atoms with van der Waals surface area (Å²) in [4.78, 5) is 27.3. The zero-order valence-corrected chi connectivity index (χ0v) is 21.7. The molecule has 2 rings (SSSR count). The van der Waals surface area contributed by atoms with Gasteiger partial charge in [-0.05, 0) is 49.6 Å². The molecule has 0 radical (unpaired) electrons. The molecule has 0 aliphatic carbocycles. The standard InChI is InChI=1S/C24H32BrN3O4S/c1-4-15-26-24(30)19(2)27(18-20-10-8-11-21(25)17-20)23(29)14-9-16-28(33(3,31)32)22-12-6-5-7-13-22/h5-8,10-13,17,19H,4,9,14-16,18H2,1-3H3,(H,26,30). The molecule has 0 saturated heterocycles. The Bertz CT molecular complexity index is 1030. The van der Waals surface area contributed by atoms with Gasteiger partial charge in [0.25, 0.3) is 0 Å². The number of benzene rings is 2. The second kappa shape index (κ2) is 12.7. The number of halogens is 1. The molecular weight excluding hydrogens is 506 g/mol. The van der Waals surface area contributed by atoms with E-state index < -0.39 is 16.1 Å². The first-order valence-electron chi connectivity index (χ1n) is 11.0. The summed E-state index contributed by atoms with van der Waals surface area (Å²) in [5.74, 6) is -0.405. The van der Waals surface area contributed by atoms with E-state index in [1.807, 2.05) is 37.3 Å². The molecule has 0 heterocycles. The second-order valence-electron chi connectivity index (χ2n) is 7.89. The van der Waals surface area contributed by atoms with Gasteiger partial charge in [0.1, 0.15) is 6.04 Å². The molecular formula is C24H32BrN3O4S. The van der Waals surface area contributed by atoms with Crippen molar-refractivity contribution in [3.05, 3.63) is 64.6 Å². The third-order valence-electron chi connectivity index (χ3n) is 5.15. The van der Waals surface area contributed by atoms with Crippen molar-refractivity contribution in [2.75, 3.05) is 23.7 Å². The first kappa shape index (κ1) is 26.9. The highest BCUT2D eigenvalue weighted by molar-refractivity contribution is 9.10. The first-order chi connectivity index (χ1) is 15.6. The maximum atomic E-state index is 13.2. The van der Waals surface area contributed by atoms with Crippen molar-refractivity contribution >= 4 is 43.5 Å². The van der Waals surface area contributed by atoms with Crippen LogP contribution in [-0.4, -0.2) is 50.5 Å². The van der Waals surface area contributed by atoms with Gasteiger partial charge >= 0.3 is 0 Å². The van der Waals surface area contributed by atoms with Crippen molar-refractivity contribution in [2.45, 2.75) is 45.7 Å². The lowest BCUT2D eigenvalue weighted by molar-refractivity contribution is -0.140. The fourth-order valence-corrected chi connectivity index (χ4v) is 4.82. The SMILES string of the molecule is CCCNC(=O)C(C)N(Cc1cccc(Br)c1)C(=O)CCCN(c1ccccc1)S(C)(=O)=O. The number of nitrogens with zero attached hydrogens (tertiary/aromatic N) is 2. The number of hydrogen-bond donors (Lipinski definition) is 1. The van der Waals surface area contributed by atoms with Gasteiger partial charge in [-0.2, -0.15) is 0 Å². The molecule has 7 nitrogen and oxygen atoms in total.